The zero-order chi connectivity index (χ0) is 14.8. The van der Waals surface area contributed by atoms with Gasteiger partial charge in [0.05, 0.1) is 21.1 Å². The first kappa shape index (κ1) is 14.3. The highest BCUT2D eigenvalue weighted by Gasteiger charge is 2.13. The monoisotopic (exact) mass is 337 g/mol. The van der Waals surface area contributed by atoms with E-state index < -0.39 is 0 Å². The molecule has 0 saturated carbocycles. The number of urea groups is 1. The van der Waals surface area contributed by atoms with Crippen LogP contribution in [0.25, 0.3) is 10.2 Å². The normalized spacial score (nSPS) is 10.8. The van der Waals surface area contributed by atoms with Crippen LogP contribution in [0.15, 0.2) is 36.4 Å². The second kappa shape index (κ2) is 6.01. The lowest BCUT2D eigenvalue weighted by Gasteiger charge is -2.15. The number of hydrogen-bond acceptors (Lipinski definition) is 4. The first-order chi connectivity index (χ1) is 10.1. The first-order valence-corrected chi connectivity index (χ1v) is 8.25. The van der Waals surface area contributed by atoms with E-state index in [2.05, 4.69) is 10.3 Å². The van der Waals surface area contributed by atoms with Crippen LogP contribution in [0.2, 0.25) is 4.34 Å². The van der Waals surface area contributed by atoms with Crippen LogP contribution in [0.5, 0.6) is 0 Å². The molecular weight excluding hydrogens is 326 g/mol. The Kier molecular flexibility index (Phi) is 4.10. The summed E-state index contributed by atoms with van der Waals surface area (Å²) >= 11 is 8.83. The van der Waals surface area contributed by atoms with Crippen molar-refractivity contribution in [3.63, 3.8) is 0 Å². The Morgan fingerprint density at radius 1 is 1.29 bits per heavy atom. The number of benzene rings is 1. The lowest BCUT2D eigenvalue weighted by atomic mass is 10.3. The van der Waals surface area contributed by atoms with Gasteiger partial charge in [-0.05, 0) is 24.3 Å². The van der Waals surface area contributed by atoms with Crippen LogP contribution in [0.3, 0.4) is 0 Å². The smallest absolute Gasteiger partial charge is 0.322 e. The standard InChI is InChI=1S/C14H12ClN3OS2/c1-18(8-9-6-7-12(15)20-9)14(19)17-13-16-10-4-2-3-5-11(10)21-13/h2-7H,8H2,1H3,(H,16,17,19). The number of carbonyl (C=O) groups excluding carboxylic acids is 1. The van der Waals surface area contributed by atoms with Gasteiger partial charge in [0.2, 0.25) is 0 Å². The molecule has 108 valence electrons. The minimum atomic E-state index is -0.182. The lowest BCUT2D eigenvalue weighted by Crippen LogP contribution is -2.30. The third kappa shape index (κ3) is 3.34. The van der Waals surface area contributed by atoms with Gasteiger partial charge in [-0.3, -0.25) is 5.32 Å². The molecule has 0 spiro atoms. The molecule has 2 heterocycles. The molecule has 3 rings (SSSR count). The second-order valence-corrected chi connectivity index (χ2v) is 7.31. The predicted octanol–water partition coefficient (Wildman–Crippen LogP) is 4.68. The summed E-state index contributed by atoms with van der Waals surface area (Å²) in [5, 5.41) is 3.43. The quantitative estimate of drug-likeness (QED) is 0.754. The number of para-hydroxylation sites is 1. The molecule has 0 unspecified atom stereocenters. The van der Waals surface area contributed by atoms with Gasteiger partial charge < -0.3 is 4.90 Å². The molecule has 21 heavy (non-hydrogen) atoms. The third-order valence-corrected chi connectivity index (χ3v) is 5.04. The molecule has 0 atom stereocenters. The minimum Gasteiger partial charge on any atom is -0.322 e. The third-order valence-electron chi connectivity index (χ3n) is 2.88. The summed E-state index contributed by atoms with van der Waals surface area (Å²) in [7, 11) is 1.75. The Morgan fingerprint density at radius 3 is 2.81 bits per heavy atom. The van der Waals surface area contributed by atoms with Gasteiger partial charge in [0.1, 0.15) is 0 Å². The lowest BCUT2D eigenvalue weighted by molar-refractivity contribution is 0.221. The number of thiazole rings is 1. The summed E-state index contributed by atoms with van der Waals surface area (Å²) in [6.07, 6.45) is 0. The summed E-state index contributed by atoms with van der Waals surface area (Å²) in [4.78, 5) is 19.2. The Bertz CT molecular complexity index is 750. The number of nitrogens with one attached hydrogen (secondary N) is 1. The number of rotatable bonds is 3. The molecule has 1 aromatic carbocycles. The van der Waals surface area contributed by atoms with Crippen molar-refractivity contribution < 1.29 is 4.79 Å². The Balaban J connectivity index is 1.67. The second-order valence-electron chi connectivity index (χ2n) is 4.48. The Labute approximate surface area is 135 Å². The number of halogens is 1. The van der Waals surface area contributed by atoms with Crippen LogP contribution < -0.4 is 5.32 Å². The van der Waals surface area contributed by atoms with E-state index in [0.717, 1.165) is 19.4 Å². The molecule has 7 heteroatoms. The van der Waals surface area contributed by atoms with Crippen molar-refractivity contribution in [3.05, 3.63) is 45.6 Å². The highest BCUT2D eigenvalue weighted by atomic mass is 35.5. The fourth-order valence-electron chi connectivity index (χ4n) is 1.85. The van der Waals surface area contributed by atoms with E-state index in [0.29, 0.717) is 11.7 Å². The molecule has 2 amide bonds. The molecule has 0 fully saturated rings. The van der Waals surface area contributed by atoms with E-state index in [1.54, 1.807) is 11.9 Å². The van der Waals surface area contributed by atoms with E-state index in [1.165, 1.54) is 22.7 Å². The van der Waals surface area contributed by atoms with Crippen molar-refractivity contribution in [3.8, 4) is 0 Å². The molecule has 0 aliphatic heterocycles. The maximum Gasteiger partial charge on any atom is 0.323 e. The summed E-state index contributed by atoms with van der Waals surface area (Å²) in [5.74, 6) is 0. The Morgan fingerprint density at radius 2 is 2.10 bits per heavy atom. The van der Waals surface area contributed by atoms with Crippen LogP contribution in [0, 0.1) is 0 Å². The fraction of sp³-hybridized carbons (Fsp3) is 0.143. The van der Waals surface area contributed by atoms with Crippen LogP contribution in [0.4, 0.5) is 9.93 Å². The number of hydrogen-bond donors (Lipinski definition) is 1. The number of thiophene rings is 1. The number of carbonyl (C=O) groups is 1. The van der Waals surface area contributed by atoms with Crippen LogP contribution in [-0.4, -0.2) is 23.0 Å². The van der Waals surface area contributed by atoms with Crippen molar-refractivity contribution in [1.29, 1.82) is 0 Å². The van der Waals surface area contributed by atoms with Crippen molar-refractivity contribution in [1.82, 2.24) is 9.88 Å². The molecule has 0 aliphatic carbocycles. The summed E-state index contributed by atoms with van der Waals surface area (Å²) in [5.41, 5.74) is 0.894. The minimum absolute atomic E-state index is 0.182. The number of anilines is 1. The predicted molar refractivity (Wildman–Crippen MR) is 89.4 cm³/mol. The van der Waals surface area contributed by atoms with E-state index in [1.807, 2.05) is 36.4 Å². The Hall–Kier alpha value is -1.63. The first-order valence-electron chi connectivity index (χ1n) is 6.24. The highest BCUT2D eigenvalue weighted by molar-refractivity contribution is 7.22. The van der Waals surface area contributed by atoms with Crippen LogP contribution in [-0.2, 0) is 6.54 Å². The van der Waals surface area contributed by atoms with Crippen LogP contribution in [0.1, 0.15) is 4.88 Å². The topological polar surface area (TPSA) is 45.2 Å². The van der Waals surface area contributed by atoms with Gasteiger partial charge >= 0.3 is 6.03 Å². The summed E-state index contributed by atoms with van der Waals surface area (Å²) in [6.45, 7) is 0.522. The maximum absolute atomic E-state index is 12.2. The van der Waals surface area contributed by atoms with E-state index in [9.17, 15) is 4.79 Å². The summed E-state index contributed by atoms with van der Waals surface area (Å²) in [6, 6.07) is 11.4. The molecule has 3 aromatic rings. The largest absolute Gasteiger partial charge is 0.323 e. The maximum atomic E-state index is 12.2. The van der Waals surface area contributed by atoms with Gasteiger partial charge in [0.15, 0.2) is 5.13 Å². The number of nitrogens with zero attached hydrogens (tertiary/aromatic N) is 2. The molecule has 2 aromatic heterocycles. The van der Waals surface area contributed by atoms with Gasteiger partial charge in [-0.2, -0.15) is 0 Å². The van der Waals surface area contributed by atoms with Gasteiger partial charge in [-0.1, -0.05) is 35.1 Å². The molecule has 1 N–H and O–H groups in total. The highest BCUT2D eigenvalue weighted by Crippen LogP contribution is 2.26. The average molecular weight is 338 g/mol. The van der Waals surface area contributed by atoms with Gasteiger partial charge in [0, 0.05) is 11.9 Å². The van der Waals surface area contributed by atoms with Crippen molar-refractivity contribution in [2.45, 2.75) is 6.54 Å². The number of fused-ring (bicyclic) bond motifs is 1. The van der Waals surface area contributed by atoms with E-state index in [-0.39, 0.29) is 6.03 Å². The number of amides is 2. The molecule has 0 radical (unpaired) electrons. The molecule has 4 nitrogen and oxygen atoms in total. The molecule has 0 saturated heterocycles. The van der Waals surface area contributed by atoms with E-state index in [4.69, 9.17) is 11.6 Å². The van der Waals surface area contributed by atoms with Gasteiger partial charge in [-0.25, -0.2) is 9.78 Å². The zero-order valence-corrected chi connectivity index (χ0v) is 13.6. The van der Waals surface area contributed by atoms with E-state index >= 15 is 0 Å². The molecular formula is C14H12ClN3OS2. The van der Waals surface area contributed by atoms with Gasteiger partial charge in [-0.15, -0.1) is 11.3 Å². The van der Waals surface area contributed by atoms with Gasteiger partial charge in [0.25, 0.3) is 0 Å². The summed E-state index contributed by atoms with van der Waals surface area (Å²) < 4.78 is 1.78. The molecule has 0 bridgehead atoms. The number of aromatic nitrogens is 1. The SMILES string of the molecule is CN(Cc1ccc(Cl)s1)C(=O)Nc1nc2ccccc2s1. The van der Waals surface area contributed by atoms with Crippen LogP contribution >= 0.6 is 34.3 Å². The fourth-order valence-corrected chi connectivity index (χ4v) is 3.85. The van der Waals surface area contributed by atoms with Crippen molar-refractivity contribution in [2.24, 2.45) is 0 Å². The zero-order valence-electron chi connectivity index (χ0n) is 11.2. The average Bonchev–Trinajstić information content (AvgIpc) is 3.04. The van der Waals surface area contributed by atoms with Crippen molar-refractivity contribution in [2.75, 3.05) is 12.4 Å². The molecule has 0 aliphatic rings. The van der Waals surface area contributed by atoms with Crippen molar-refractivity contribution >= 4 is 55.7 Å².